The van der Waals surface area contributed by atoms with Gasteiger partial charge in [-0.2, -0.15) is 9.67 Å². The number of piperidine rings is 1. The maximum Gasteiger partial charge on any atom is 0.241 e. The Morgan fingerprint density at radius 1 is 1.04 bits per heavy atom. The number of benzene rings is 1. The lowest BCUT2D eigenvalue weighted by atomic mass is 9.60. The lowest BCUT2D eigenvalue weighted by Crippen LogP contribution is -2.46. The zero-order chi connectivity index (χ0) is 17.7. The molecule has 0 radical (unpaired) electrons. The Hall–Kier alpha value is -2.08. The molecule has 2 aliphatic carbocycles. The van der Waals surface area contributed by atoms with Crippen molar-refractivity contribution < 1.29 is 0 Å². The molecule has 0 spiro atoms. The molecule has 2 saturated carbocycles. The molecule has 26 heavy (non-hydrogen) atoms. The molecule has 3 aliphatic rings. The van der Waals surface area contributed by atoms with Gasteiger partial charge >= 0.3 is 0 Å². The van der Waals surface area contributed by atoms with E-state index in [1.807, 2.05) is 0 Å². The lowest BCUT2D eigenvalue weighted by Gasteiger charge is -2.46. The van der Waals surface area contributed by atoms with Gasteiger partial charge in [-0.1, -0.05) is 18.6 Å². The molecule has 5 rings (SSSR count). The molecular formula is C20H28N6. The summed E-state index contributed by atoms with van der Waals surface area (Å²) in [6, 6.07) is 8.83. The van der Waals surface area contributed by atoms with Gasteiger partial charge in [-0.25, -0.2) is 0 Å². The molecule has 1 aliphatic heterocycles. The molecule has 3 fully saturated rings. The van der Waals surface area contributed by atoms with E-state index in [0.29, 0.717) is 11.4 Å². The van der Waals surface area contributed by atoms with E-state index in [2.05, 4.69) is 39.7 Å². The van der Waals surface area contributed by atoms with Crippen molar-refractivity contribution in [2.45, 2.75) is 43.9 Å². The van der Waals surface area contributed by atoms with E-state index >= 15 is 0 Å². The van der Waals surface area contributed by atoms with Crippen LogP contribution >= 0.6 is 0 Å². The van der Waals surface area contributed by atoms with Crippen LogP contribution in [-0.4, -0.2) is 27.9 Å². The molecule has 1 saturated heterocycles. The number of nitrogens with zero attached hydrogens (tertiary/aromatic N) is 3. The van der Waals surface area contributed by atoms with Crippen molar-refractivity contribution in [3.8, 4) is 5.69 Å². The number of hydrogen-bond donors (Lipinski definition) is 3. The lowest BCUT2D eigenvalue weighted by molar-refractivity contribution is 0.141. The highest BCUT2D eigenvalue weighted by Gasteiger charge is 2.51. The highest BCUT2D eigenvalue weighted by Crippen LogP contribution is 2.58. The van der Waals surface area contributed by atoms with E-state index in [-0.39, 0.29) is 5.95 Å². The van der Waals surface area contributed by atoms with Crippen LogP contribution in [0.3, 0.4) is 0 Å². The normalized spacial score (nSPS) is 29.9. The van der Waals surface area contributed by atoms with Crippen LogP contribution < -0.4 is 16.8 Å². The molecule has 5 N–H and O–H groups in total. The molecule has 2 heterocycles. The summed E-state index contributed by atoms with van der Waals surface area (Å²) in [6.07, 6.45) is 8.29. The third kappa shape index (κ3) is 2.42. The summed E-state index contributed by atoms with van der Waals surface area (Å²) in [4.78, 5) is 4.00. The van der Waals surface area contributed by atoms with Gasteiger partial charge in [-0.15, -0.1) is 5.10 Å². The molecule has 2 aromatic rings. The first-order chi connectivity index (χ1) is 12.7. The summed E-state index contributed by atoms with van der Waals surface area (Å²) in [6.45, 7) is 2.25. The maximum atomic E-state index is 5.92. The molecular weight excluding hydrogens is 324 g/mol. The van der Waals surface area contributed by atoms with E-state index in [4.69, 9.17) is 11.5 Å². The van der Waals surface area contributed by atoms with Crippen LogP contribution in [0.1, 0.15) is 44.1 Å². The van der Waals surface area contributed by atoms with Gasteiger partial charge in [0.2, 0.25) is 11.9 Å². The minimum Gasteiger partial charge on any atom is -0.368 e. The number of aromatic nitrogens is 3. The highest BCUT2D eigenvalue weighted by molar-refractivity contribution is 5.43. The highest BCUT2D eigenvalue weighted by atomic mass is 15.4. The minimum absolute atomic E-state index is 0.211. The average Bonchev–Trinajstić information content (AvgIpc) is 3.38. The van der Waals surface area contributed by atoms with Gasteiger partial charge < -0.3 is 16.8 Å². The van der Waals surface area contributed by atoms with Crippen molar-refractivity contribution >= 4 is 11.9 Å². The molecule has 138 valence electrons. The van der Waals surface area contributed by atoms with E-state index < -0.39 is 0 Å². The van der Waals surface area contributed by atoms with Gasteiger partial charge in [-0.3, -0.25) is 0 Å². The van der Waals surface area contributed by atoms with Gasteiger partial charge in [-0.05, 0) is 80.6 Å². The number of nitrogens with two attached hydrogens (primary N) is 2. The van der Waals surface area contributed by atoms with Crippen molar-refractivity contribution in [3.05, 3.63) is 29.8 Å². The van der Waals surface area contributed by atoms with Crippen molar-refractivity contribution in [2.75, 3.05) is 24.6 Å². The summed E-state index contributed by atoms with van der Waals surface area (Å²) >= 11 is 0. The third-order valence-corrected chi connectivity index (χ3v) is 7.28. The van der Waals surface area contributed by atoms with Crippen molar-refractivity contribution in [1.82, 2.24) is 20.1 Å². The Labute approximate surface area is 154 Å². The summed E-state index contributed by atoms with van der Waals surface area (Å²) in [5.74, 6) is 3.31. The van der Waals surface area contributed by atoms with Crippen LogP contribution in [0.2, 0.25) is 0 Å². The Balaban J connectivity index is 1.50. The van der Waals surface area contributed by atoms with E-state index in [9.17, 15) is 0 Å². The Bertz CT molecular complexity index is 789. The van der Waals surface area contributed by atoms with Crippen LogP contribution in [0.25, 0.3) is 5.69 Å². The first-order valence-electron chi connectivity index (χ1n) is 9.95. The summed E-state index contributed by atoms with van der Waals surface area (Å²) in [5.41, 5.74) is 14.3. The van der Waals surface area contributed by atoms with Crippen LogP contribution in [0.15, 0.2) is 24.3 Å². The molecule has 3 atom stereocenters. The first kappa shape index (κ1) is 16.1. The van der Waals surface area contributed by atoms with Crippen LogP contribution in [0, 0.1) is 17.8 Å². The zero-order valence-corrected chi connectivity index (χ0v) is 15.2. The predicted octanol–water partition coefficient (Wildman–Crippen LogP) is 2.49. The van der Waals surface area contributed by atoms with E-state index in [0.717, 1.165) is 36.5 Å². The van der Waals surface area contributed by atoms with Gasteiger partial charge in [0.05, 0.1) is 5.69 Å². The van der Waals surface area contributed by atoms with Crippen molar-refractivity contribution in [3.63, 3.8) is 0 Å². The predicted molar refractivity (Wildman–Crippen MR) is 103 cm³/mol. The van der Waals surface area contributed by atoms with E-state index in [1.165, 1.54) is 44.1 Å². The van der Waals surface area contributed by atoms with Crippen LogP contribution in [0.5, 0.6) is 0 Å². The summed E-state index contributed by atoms with van der Waals surface area (Å²) in [7, 11) is 0. The first-order valence-corrected chi connectivity index (χ1v) is 9.95. The van der Waals surface area contributed by atoms with Crippen molar-refractivity contribution in [2.24, 2.45) is 17.8 Å². The minimum atomic E-state index is 0.211. The number of rotatable bonds is 3. The van der Waals surface area contributed by atoms with E-state index in [1.54, 1.807) is 4.68 Å². The van der Waals surface area contributed by atoms with Gasteiger partial charge in [0.25, 0.3) is 0 Å². The molecule has 6 heteroatoms. The third-order valence-electron chi connectivity index (χ3n) is 7.28. The smallest absolute Gasteiger partial charge is 0.241 e. The number of hydrogen-bond acceptors (Lipinski definition) is 5. The fourth-order valence-electron chi connectivity index (χ4n) is 6.13. The quantitative estimate of drug-likeness (QED) is 0.789. The SMILES string of the molecule is Nc1nc(N)n(-c2ccc(C3(C4CC5CCC4C5)CCNCC3)cc2)n1. The van der Waals surface area contributed by atoms with Crippen LogP contribution in [0.4, 0.5) is 11.9 Å². The fourth-order valence-corrected chi connectivity index (χ4v) is 6.13. The number of nitrogens with one attached hydrogen (secondary N) is 1. The largest absolute Gasteiger partial charge is 0.368 e. The average molecular weight is 352 g/mol. The van der Waals surface area contributed by atoms with Crippen molar-refractivity contribution in [1.29, 1.82) is 0 Å². The molecule has 2 bridgehead atoms. The summed E-state index contributed by atoms with van der Waals surface area (Å²) in [5, 5.41) is 7.77. The van der Waals surface area contributed by atoms with Crippen LogP contribution in [-0.2, 0) is 5.41 Å². The Morgan fingerprint density at radius 2 is 1.81 bits per heavy atom. The topological polar surface area (TPSA) is 94.8 Å². The fraction of sp³-hybridized carbons (Fsp3) is 0.600. The Morgan fingerprint density at radius 3 is 2.38 bits per heavy atom. The standard InChI is InChI=1S/C20H28N6/c21-18-24-19(22)26(25-18)16-5-3-15(4-6-16)20(7-9-23-10-8-20)17-12-13-1-2-14(17)11-13/h3-6,13-14,17,23H,1-2,7-12H2,(H4,21,22,24,25). The second-order valence-electron chi connectivity index (χ2n) is 8.47. The molecule has 6 nitrogen and oxygen atoms in total. The molecule has 1 aromatic heterocycles. The zero-order valence-electron chi connectivity index (χ0n) is 15.2. The maximum absolute atomic E-state index is 5.92. The van der Waals surface area contributed by atoms with Gasteiger partial charge in [0.15, 0.2) is 0 Å². The molecule has 1 aromatic carbocycles. The monoisotopic (exact) mass is 352 g/mol. The molecule has 0 amide bonds. The molecule has 3 unspecified atom stereocenters. The summed E-state index contributed by atoms with van der Waals surface area (Å²) < 4.78 is 1.62. The van der Waals surface area contributed by atoms with Gasteiger partial charge in [0, 0.05) is 5.41 Å². The second-order valence-corrected chi connectivity index (χ2v) is 8.47. The number of anilines is 2. The second kappa shape index (κ2) is 5.98. The Kier molecular flexibility index (Phi) is 3.71. The number of nitrogen functional groups attached to an aromatic ring is 2. The van der Waals surface area contributed by atoms with Gasteiger partial charge in [0.1, 0.15) is 0 Å². The number of fused-ring (bicyclic) bond motifs is 2.